The number of amides is 4. The predicted molar refractivity (Wildman–Crippen MR) is 130 cm³/mol. The largest absolute Gasteiger partial charge is 0.465 e. The smallest absolute Gasteiger partial charge is 0.407 e. The van der Waals surface area contributed by atoms with E-state index in [2.05, 4.69) is 33.1 Å². The van der Waals surface area contributed by atoms with E-state index in [1.807, 2.05) is 13.0 Å². The number of nitrogens with one attached hydrogen (secondary N) is 1. The summed E-state index contributed by atoms with van der Waals surface area (Å²) in [6, 6.07) is 6.11. The van der Waals surface area contributed by atoms with E-state index in [0.29, 0.717) is 25.6 Å². The molecule has 0 saturated carbocycles. The van der Waals surface area contributed by atoms with Gasteiger partial charge in [-0.3, -0.25) is 15.0 Å². The molecule has 5 rings (SSSR count). The third-order valence-electron chi connectivity index (χ3n) is 7.77. The average Bonchev–Trinajstić information content (AvgIpc) is 3.22. The first-order chi connectivity index (χ1) is 16.7. The Kier molecular flexibility index (Phi) is 6.16. The van der Waals surface area contributed by atoms with Crippen LogP contribution < -0.4 is 10.2 Å². The second kappa shape index (κ2) is 9.14. The Bertz CT molecular complexity index is 1150. The van der Waals surface area contributed by atoms with Gasteiger partial charge in [0.25, 0.3) is 0 Å². The maximum atomic E-state index is 15.3. The molecule has 3 saturated heterocycles. The van der Waals surface area contributed by atoms with Gasteiger partial charge in [-0.15, -0.1) is 0 Å². The molecular formula is C25H32FN5O4. The number of piperidine rings is 2. The van der Waals surface area contributed by atoms with Crippen molar-refractivity contribution in [2.45, 2.75) is 50.7 Å². The normalized spacial score (nSPS) is 22.0. The summed E-state index contributed by atoms with van der Waals surface area (Å²) in [5.41, 5.74) is 1.59. The lowest BCUT2D eigenvalue weighted by atomic mass is 9.91. The fraction of sp³-hybridized carbons (Fsp3) is 0.560. The average molecular weight is 486 g/mol. The lowest BCUT2D eigenvalue weighted by Gasteiger charge is -2.40. The summed E-state index contributed by atoms with van der Waals surface area (Å²) >= 11 is 0. The van der Waals surface area contributed by atoms with Gasteiger partial charge in [-0.1, -0.05) is 0 Å². The highest BCUT2D eigenvalue weighted by Crippen LogP contribution is 2.34. The number of benzene rings is 1. The number of rotatable bonds is 4. The van der Waals surface area contributed by atoms with Crippen LogP contribution in [0.2, 0.25) is 0 Å². The zero-order valence-corrected chi connectivity index (χ0v) is 20.0. The third kappa shape index (κ3) is 4.71. The minimum atomic E-state index is -1.32. The van der Waals surface area contributed by atoms with Crippen LogP contribution in [0.3, 0.4) is 0 Å². The van der Waals surface area contributed by atoms with Crippen molar-refractivity contribution in [2.75, 3.05) is 44.2 Å². The molecule has 9 nitrogen and oxygen atoms in total. The summed E-state index contributed by atoms with van der Waals surface area (Å²) in [4.78, 5) is 40.0. The number of halogens is 1. The molecule has 1 aromatic heterocycles. The van der Waals surface area contributed by atoms with Crippen molar-refractivity contribution < 1.29 is 23.9 Å². The standard InChI is InChI=1S/C25H32FN5O4/c1-17-14-21-18(15-20(17)31-11-5-22(32)27-23(31)33)2-10-30(21)19-3-8-28(9-4-19)16-25(26)6-12-29(13-7-25)24(34)35/h2,10,14-15,19H,3-9,11-13,16H2,1H3,(H,34,35)(H,27,32,33). The molecular weight excluding hydrogens is 453 g/mol. The summed E-state index contributed by atoms with van der Waals surface area (Å²) < 4.78 is 17.6. The SMILES string of the molecule is Cc1cc2c(ccn2C2CCN(CC3(F)CCN(C(=O)O)CC3)CC2)cc1N1CCC(=O)NC1=O. The van der Waals surface area contributed by atoms with Gasteiger partial charge >= 0.3 is 12.1 Å². The van der Waals surface area contributed by atoms with Gasteiger partial charge in [0.1, 0.15) is 5.67 Å². The van der Waals surface area contributed by atoms with E-state index < -0.39 is 11.8 Å². The topological polar surface area (TPSA) is 98.1 Å². The molecule has 4 amide bonds. The van der Waals surface area contributed by atoms with Gasteiger partial charge in [0, 0.05) is 87.4 Å². The zero-order valence-electron chi connectivity index (χ0n) is 20.0. The van der Waals surface area contributed by atoms with Gasteiger partial charge in [0.05, 0.1) is 0 Å². The highest BCUT2D eigenvalue weighted by Gasteiger charge is 2.38. The second-order valence-corrected chi connectivity index (χ2v) is 10.1. The Morgan fingerprint density at radius 2 is 1.86 bits per heavy atom. The number of carbonyl (C=O) groups excluding carboxylic acids is 2. The van der Waals surface area contributed by atoms with Crippen molar-refractivity contribution in [1.82, 2.24) is 19.7 Å². The van der Waals surface area contributed by atoms with Crippen LogP contribution >= 0.6 is 0 Å². The van der Waals surface area contributed by atoms with E-state index in [0.717, 1.165) is 48.1 Å². The quantitative estimate of drug-likeness (QED) is 0.691. The Balaban J connectivity index is 1.23. The maximum absolute atomic E-state index is 15.3. The summed E-state index contributed by atoms with van der Waals surface area (Å²) in [5, 5.41) is 12.5. The molecule has 188 valence electrons. The van der Waals surface area contributed by atoms with Gasteiger partial charge in [0.2, 0.25) is 5.91 Å². The summed E-state index contributed by atoms with van der Waals surface area (Å²) in [6.45, 7) is 4.84. The number of carboxylic acid groups (broad SMARTS) is 1. The number of likely N-dealkylation sites (tertiary alicyclic amines) is 2. The van der Waals surface area contributed by atoms with Crippen LogP contribution in [0.15, 0.2) is 24.4 Å². The second-order valence-electron chi connectivity index (χ2n) is 10.1. The van der Waals surface area contributed by atoms with Gasteiger partial charge in [0.15, 0.2) is 0 Å². The van der Waals surface area contributed by atoms with Crippen LogP contribution in [-0.4, -0.2) is 82.4 Å². The molecule has 35 heavy (non-hydrogen) atoms. The van der Waals surface area contributed by atoms with Crippen LogP contribution in [0.4, 0.5) is 19.7 Å². The molecule has 2 N–H and O–H groups in total. The number of urea groups is 1. The Labute approximate surface area is 203 Å². The van der Waals surface area contributed by atoms with Crippen LogP contribution in [0.25, 0.3) is 10.9 Å². The first kappa shape index (κ1) is 23.6. The molecule has 0 aliphatic carbocycles. The number of aromatic nitrogens is 1. The van der Waals surface area contributed by atoms with Crippen LogP contribution in [-0.2, 0) is 4.79 Å². The first-order valence-electron chi connectivity index (χ1n) is 12.3. The number of fused-ring (bicyclic) bond motifs is 1. The third-order valence-corrected chi connectivity index (χ3v) is 7.77. The van der Waals surface area contributed by atoms with E-state index in [1.54, 1.807) is 4.90 Å². The fourth-order valence-corrected chi connectivity index (χ4v) is 5.71. The van der Waals surface area contributed by atoms with Crippen molar-refractivity contribution in [3.05, 3.63) is 30.0 Å². The monoisotopic (exact) mass is 485 g/mol. The molecule has 4 heterocycles. The number of hydrogen-bond donors (Lipinski definition) is 2. The van der Waals surface area contributed by atoms with Crippen molar-refractivity contribution in [3.8, 4) is 0 Å². The molecule has 0 spiro atoms. The fourth-order valence-electron chi connectivity index (χ4n) is 5.71. The Morgan fingerprint density at radius 3 is 2.51 bits per heavy atom. The number of alkyl halides is 1. The van der Waals surface area contributed by atoms with E-state index >= 15 is 4.39 Å². The Hall–Kier alpha value is -3.14. The summed E-state index contributed by atoms with van der Waals surface area (Å²) in [7, 11) is 0. The number of nitrogens with zero attached hydrogens (tertiary/aromatic N) is 4. The molecule has 0 radical (unpaired) electrons. The van der Waals surface area contributed by atoms with Crippen LogP contribution in [0, 0.1) is 6.92 Å². The predicted octanol–water partition coefficient (Wildman–Crippen LogP) is 3.52. The van der Waals surface area contributed by atoms with Crippen molar-refractivity contribution in [3.63, 3.8) is 0 Å². The van der Waals surface area contributed by atoms with Gasteiger partial charge in [-0.25, -0.2) is 14.0 Å². The molecule has 2 aromatic rings. The first-order valence-corrected chi connectivity index (χ1v) is 12.3. The molecule has 0 atom stereocenters. The summed E-state index contributed by atoms with van der Waals surface area (Å²) in [6.07, 6.45) is 3.76. The highest BCUT2D eigenvalue weighted by atomic mass is 19.1. The number of aryl methyl sites for hydroxylation is 1. The molecule has 3 fully saturated rings. The van der Waals surface area contributed by atoms with E-state index in [1.165, 1.54) is 4.90 Å². The minimum Gasteiger partial charge on any atom is -0.465 e. The molecule has 10 heteroatoms. The maximum Gasteiger partial charge on any atom is 0.407 e. The lowest BCUT2D eigenvalue weighted by molar-refractivity contribution is -0.120. The molecule has 1 aromatic carbocycles. The molecule has 3 aliphatic heterocycles. The lowest BCUT2D eigenvalue weighted by Crippen LogP contribution is -2.50. The number of imide groups is 1. The minimum absolute atomic E-state index is 0.244. The van der Waals surface area contributed by atoms with Crippen LogP contribution in [0.5, 0.6) is 0 Å². The van der Waals surface area contributed by atoms with Crippen molar-refractivity contribution in [1.29, 1.82) is 0 Å². The van der Waals surface area contributed by atoms with E-state index in [-0.39, 0.29) is 37.9 Å². The highest BCUT2D eigenvalue weighted by molar-refractivity contribution is 6.06. The van der Waals surface area contributed by atoms with Gasteiger partial charge in [-0.2, -0.15) is 0 Å². The molecule has 3 aliphatic rings. The number of hydrogen-bond acceptors (Lipinski definition) is 4. The molecule has 0 bridgehead atoms. The van der Waals surface area contributed by atoms with E-state index in [9.17, 15) is 14.4 Å². The zero-order chi connectivity index (χ0) is 24.7. The van der Waals surface area contributed by atoms with Crippen molar-refractivity contribution in [2.24, 2.45) is 0 Å². The van der Waals surface area contributed by atoms with E-state index in [4.69, 9.17) is 5.11 Å². The Morgan fingerprint density at radius 1 is 1.14 bits per heavy atom. The van der Waals surface area contributed by atoms with Crippen LogP contribution in [0.1, 0.15) is 43.7 Å². The summed E-state index contributed by atoms with van der Waals surface area (Å²) in [5.74, 6) is -0.244. The molecule has 0 unspecified atom stereocenters. The van der Waals surface area contributed by atoms with Gasteiger partial charge in [-0.05, 0) is 43.5 Å². The number of carbonyl (C=O) groups is 3. The number of anilines is 1. The van der Waals surface area contributed by atoms with Gasteiger partial charge < -0.3 is 19.5 Å². The van der Waals surface area contributed by atoms with Crippen molar-refractivity contribution >= 4 is 34.6 Å².